The lowest BCUT2D eigenvalue weighted by Gasteiger charge is -2.07. The second-order valence-electron chi connectivity index (χ2n) is 3.95. The Balaban J connectivity index is 2.26. The summed E-state index contributed by atoms with van der Waals surface area (Å²) in [5.74, 6) is -2.07. The maximum Gasteiger partial charge on any atom is 0.325 e. The van der Waals surface area contributed by atoms with E-state index in [9.17, 15) is 14.0 Å². The molecular formula is C12H11FN2O3. The lowest BCUT2D eigenvalue weighted by Crippen LogP contribution is -2.38. The van der Waals surface area contributed by atoms with Gasteiger partial charge in [-0.15, -0.1) is 0 Å². The molecule has 3 N–H and O–H groups in total. The van der Waals surface area contributed by atoms with Gasteiger partial charge in [-0.05, 0) is 31.2 Å². The number of fused-ring (bicyclic) bond motifs is 1. The van der Waals surface area contributed by atoms with E-state index in [0.717, 1.165) is 0 Å². The molecule has 1 heterocycles. The van der Waals surface area contributed by atoms with Gasteiger partial charge in [-0.25, -0.2) is 4.39 Å². The molecule has 0 saturated heterocycles. The number of hydrogen-bond acceptors (Lipinski definition) is 2. The van der Waals surface area contributed by atoms with E-state index in [-0.39, 0.29) is 5.69 Å². The number of carbonyl (C=O) groups is 2. The highest BCUT2D eigenvalue weighted by molar-refractivity contribution is 5.99. The lowest BCUT2D eigenvalue weighted by molar-refractivity contribution is -0.138. The van der Waals surface area contributed by atoms with Crippen molar-refractivity contribution >= 4 is 22.8 Å². The number of rotatable bonds is 3. The number of carbonyl (C=O) groups excluding carboxylic acids is 1. The van der Waals surface area contributed by atoms with Crippen molar-refractivity contribution in [2.75, 3.05) is 0 Å². The van der Waals surface area contributed by atoms with Crippen LogP contribution in [0.3, 0.4) is 0 Å². The number of benzene rings is 1. The van der Waals surface area contributed by atoms with Crippen LogP contribution in [0.15, 0.2) is 24.3 Å². The molecular weight excluding hydrogens is 239 g/mol. The molecule has 0 fully saturated rings. The molecule has 0 spiro atoms. The van der Waals surface area contributed by atoms with E-state index >= 15 is 0 Å². The molecule has 94 valence electrons. The Morgan fingerprint density at radius 1 is 1.39 bits per heavy atom. The molecule has 0 unspecified atom stereocenters. The standard InChI is InChI=1S/C12H11FN2O3/c1-6(12(17)18)14-11(16)10-4-7-2-3-8(13)5-9(7)15-10/h2-6,15H,1H3,(H,14,16)(H,17,18)/t6-/m0/s1. The molecule has 0 aliphatic heterocycles. The number of aromatic nitrogens is 1. The molecule has 1 aromatic carbocycles. The van der Waals surface area contributed by atoms with E-state index in [1.807, 2.05) is 0 Å². The van der Waals surface area contributed by atoms with Gasteiger partial charge in [0.1, 0.15) is 17.6 Å². The average Bonchev–Trinajstić information content (AvgIpc) is 2.71. The normalized spacial score (nSPS) is 12.3. The quantitative estimate of drug-likeness (QED) is 0.772. The Morgan fingerprint density at radius 3 is 2.78 bits per heavy atom. The van der Waals surface area contributed by atoms with Gasteiger partial charge in [-0.2, -0.15) is 0 Å². The van der Waals surface area contributed by atoms with E-state index in [1.54, 1.807) is 12.1 Å². The highest BCUT2D eigenvalue weighted by Gasteiger charge is 2.16. The van der Waals surface area contributed by atoms with Gasteiger partial charge in [0.05, 0.1) is 0 Å². The molecule has 1 aromatic heterocycles. The van der Waals surface area contributed by atoms with E-state index < -0.39 is 23.7 Å². The molecule has 6 heteroatoms. The largest absolute Gasteiger partial charge is 0.480 e. The van der Waals surface area contributed by atoms with Crippen molar-refractivity contribution in [1.82, 2.24) is 10.3 Å². The Labute approximate surface area is 102 Å². The first kappa shape index (κ1) is 12.1. The van der Waals surface area contributed by atoms with Crippen LogP contribution in [0.1, 0.15) is 17.4 Å². The summed E-state index contributed by atoms with van der Waals surface area (Å²) in [6.45, 7) is 1.36. The zero-order valence-corrected chi connectivity index (χ0v) is 9.53. The van der Waals surface area contributed by atoms with Gasteiger partial charge >= 0.3 is 5.97 Å². The fraction of sp³-hybridized carbons (Fsp3) is 0.167. The Hall–Kier alpha value is -2.37. The first-order valence-corrected chi connectivity index (χ1v) is 5.29. The van der Waals surface area contributed by atoms with Crippen molar-refractivity contribution in [3.8, 4) is 0 Å². The van der Waals surface area contributed by atoms with Crippen molar-refractivity contribution in [3.63, 3.8) is 0 Å². The number of carboxylic acids is 1. The van der Waals surface area contributed by atoms with E-state index in [1.165, 1.54) is 19.1 Å². The first-order valence-electron chi connectivity index (χ1n) is 5.29. The molecule has 0 radical (unpaired) electrons. The molecule has 0 bridgehead atoms. The second-order valence-corrected chi connectivity index (χ2v) is 3.95. The average molecular weight is 250 g/mol. The van der Waals surface area contributed by atoms with Gasteiger partial charge < -0.3 is 15.4 Å². The highest BCUT2D eigenvalue weighted by Crippen LogP contribution is 2.16. The fourth-order valence-corrected chi connectivity index (χ4v) is 1.56. The smallest absolute Gasteiger partial charge is 0.325 e. The SMILES string of the molecule is C[C@H](NC(=O)c1cc2ccc(F)cc2[nH]1)C(=O)O. The van der Waals surface area contributed by atoms with Crippen LogP contribution in [-0.4, -0.2) is 28.0 Å². The number of nitrogens with one attached hydrogen (secondary N) is 2. The van der Waals surface area contributed by atoms with Gasteiger partial charge in [-0.3, -0.25) is 9.59 Å². The summed E-state index contributed by atoms with van der Waals surface area (Å²) in [6, 6.07) is 4.66. The third-order valence-corrected chi connectivity index (χ3v) is 2.55. The van der Waals surface area contributed by atoms with Gasteiger partial charge in [0, 0.05) is 10.9 Å². The van der Waals surface area contributed by atoms with Crippen LogP contribution in [0, 0.1) is 5.82 Å². The van der Waals surface area contributed by atoms with Crippen LogP contribution < -0.4 is 5.32 Å². The summed E-state index contributed by atoms with van der Waals surface area (Å²) >= 11 is 0. The van der Waals surface area contributed by atoms with Crippen LogP contribution in [-0.2, 0) is 4.79 Å². The molecule has 1 amide bonds. The number of amides is 1. The van der Waals surface area contributed by atoms with Crippen LogP contribution in [0.25, 0.3) is 10.9 Å². The molecule has 0 aliphatic rings. The summed E-state index contributed by atoms with van der Waals surface area (Å²) < 4.78 is 13.0. The van der Waals surface area contributed by atoms with Crippen molar-refractivity contribution in [1.29, 1.82) is 0 Å². The summed E-state index contributed by atoms with van der Waals surface area (Å²) in [4.78, 5) is 25.1. The molecule has 5 nitrogen and oxygen atoms in total. The predicted molar refractivity (Wildman–Crippen MR) is 62.8 cm³/mol. The molecule has 2 rings (SSSR count). The number of hydrogen-bond donors (Lipinski definition) is 3. The minimum Gasteiger partial charge on any atom is -0.480 e. The summed E-state index contributed by atoms with van der Waals surface area (Å²) in [7, 11) is 0. The third kappa shape index (κ3) is 2.32. The molecule has 2 aromatic rings. The fourth-order valence-electron chi connectivity index (χ4n) is 1.56. The minimum absolute atomic E-state index is 0.198. The summed E-state index contributed by atoms with van der Waals surface area (Å²) in [6.07, 6.45) is 0. The van der Waals surface area contributed by atoms with Gasteiger partial charge in [0.2, 0.25) is 0 Å². The van der Waals surface area contributed by atoms with Crippen LogP contribution in [0.2, 0.25) is 0 Å². The predicted octanol–water partition coefficient (Wildman–Crippen LogP) is 1.51. The van der Waals surface area contributed by atoms with Gasteiger partial charge in [0.25, 0.3) is 5.91 Å². The number of carboxylic acid groups (broad SMARTS) is 1. The Bertz CT molecular complexity index is 621. The third-order valence-electron chi connectivity index (χ3n) is 2.55. The number of aliphatic carboxylic acids is 1. The Morgan fingerprint density at radius 2 is 2.11 bits per heavy atom. The number of aromatic amines is 1. The molecule has 0 aliphatic carbocycles. The monoisotopic (exact) mass is 250 g/mol. The maximum atomic E-state index is 13.0. The lowest BCUT2D eigenvalue weighted by atomic mass is 10.2. The van der Waals surface area contributed by atoms with Crippen molar-refractivity contribution in [3.05, 3.63) is 35.8 Å². The highest BCUT2D eigenvalue weighted by atomic mass is 19.1. The van der Waals surface area contributed by atoms with Crippen molar-refractivity contribution in [2.24, 2.45) is 0 Å². The zero-order valence-electron chi connectivity index (χ0n) is 9.53. The topological polar surface area (TPSA) is 82.2 Å². The molecule has 0 saturated carbocycles. The van der Waals surface area contributed by atoms with E-state index in [0.29, 0.717) is 10.9 Å². The molecule has 18 heavy (non-hydrogen) atoms. The Kier molecular flexibility index (Phi) is 3.01. The van der Waals surface area contributed by atoms with E-state index in [2.05, 4.69) is 10.3 Å². The van der Waals surface area contributed by atoms with Gasteiger partial charge in [0.15, 0.2) is 0 Å². The first-order chi connectivity index (χ1) is 8.47. The minimum atomic E-state index is -1.12. The van der Waals surface area contributed by atoms with Crippen LogP contribution in [0.5, 0.6) is 0 Å². The number of halogens is 1. The number of H-pyrrole nitrogens is 1. The maximum absolute atomic E-state index is 13.0. The second kappa shape index (κ2) is 4.48. The van der Waals surface area contributed by atoms with Crippen LogP contribution >= 0.6 is 0 Å². The van der Waals surface area contributed by atoms with Crippen LogP contribution in [0.4, 0.5) is 4.39 Å². The van der Waals surface area contributed by atoms with Crippen molar-refractivity contribution in [2.45, 2.75) is 13.0 Å². The molecule has 1 atom stereocenters. The summed E-state index contributed by atoms with van der Waals surface area (Å²) in [5, 5.41) is 11.7. The van der Waals surface area contributed by atoms with Gasteiger partial charge in [-0.1, -0.05) is 0 Å². The zero-order chi connectivity index (χ0) is 13.3. The summed E-state index contributed by atoms with van der Waals surface area (Å²) in [5.41, 5.74) is 0.687. The van der Waals surface area contributed by atoms with Crippen molar-refractivity contribution < 1.29 is 19.1 Å². The van der Waals surface area contributed by atoms with E-state index in [4.69, 9.17) is 5.11 Å².